The van der Waals surface area contributed by atoms with E-state index in [1.165, 1.54) is 24.1 Å². The second-order valence-corrected chi connectivity index (χ2v) is 7.92. The molecule has 25 heavy (non-hydrogen) atoms. The largest absolute Gasteiger partial charge is 0.392 e. The number of para-hydroxylation sites is 1. The molecule has 0 unspecified atom stereocenters. The van der Waals surface area contributed by atoms with Gasteiger partial charge >= 0.3 is 0 Å². The number of aliphatic hydroxyl groups is 1. The molecule has 1 spiro atoms. The SMILES string of the molecule is CN1CC2(CCN(Cc3ccc(CO)cc3Cl)CC2)c2ccccc21. The van der Waals surface area contributed by atoms with E-state index >= 15 is 0 Å². The van der Waals surface area contributed by atoms with Gasteiger partial charge in [-0.1, -0.05) is 41.9 Å². The molecule has 0 amide bonds. The molecule has 0 bridgehead atoms. The molecule has 0 aromatic heterocycles. The van der Waals surface area contributed by atoms with E-state index in [1.807, 2.05) is 12.1 Å². The second-order valence-electron chi connectivity index (χ2n) is 7.51. The van der Waals surface area contributed by atoms with E-state index in [0.717, 1.165) is 42.3 Å². The molecule has 3 nitrogen and oxygen atoms in total. The van der Waals surface area contributed by atoms with Crippen LogP contribution >= 0.6 is 11.6 Å². The van der Waals surface area contributed by atoms with Gasteiger partial charge in [0.25, 0.3) is 0 Å². The van der Waals surface area contributed by atoms with Gasteiger partial charge in [0.15, 0.2) is 0 Å². The van der Waals surface area contributed by atoms with Gasteiger partial charge in [-0.05, 0) is 54.8 Å². The summed E-state index contributed by atoms with van der Waals surface area (Å²) in [6.45, 7) is 4.25. The molecule has 0 aliphatic carbocycles. The van der Waals surface area contributed by atoms with Crippen LogP contribution in [0, 0.1) is 0 Å². The lowest BCUT2D eigenvalue weighted by Crippen LogP contribution is -2.44. The Hall–Kier alpha value is -1.55. The average molecular weight is 357 g/mol. The Morgan fingerprint density at radius 3 is 2.60 bits per heavy atom. The summed E-state index contributed by atoms with van der Waals surface area (Å²) < 4.78 is 0. The molecule has 1 saturated heterocycles. The highest BCUT2D eigenvalue weighted by Crippen LogP contribution is 2.46. The number of piperidine rings is 1. The van der Waals surface area contributed by atoms with Gasteiger partial charge in [-0.3, -0.25) is 4.90 Å². The van der Waals surface area contributed by atoms with Gasteiger partial charge < -0.3 is 10.0 Å². The number of fused-ring (bicyclic) bond motifs is 2. The highest BCUT2D eigenvalue weighted by atomic mass is 35.5. The molecule has 2 aromatic rings. The molecular weight excluding hydrogens is 332 g/mol. The van der Waals surface area contributed by atoms with Crippen LogP contribution in [-0.2, 0) is 18.6 Å². The number of hydrogen-bond donors (Lipinski definition) is 1. The lowest BCUT2D eigenvalue weighted by atomic mass is 9.74. The van der Waals surface area contributed by atoms with Crippen molar-refractivity contribution < 1.29 is 5.11 Å². The molecule has 0 saturated carbocycles. The number of hydrogen-bond acceptors (Lipinski definition) is 3. The van der Waals surface area contributed by atoms with Crippen LogP contribution in [0.2, 0.25) is 5.02 Å². The van der Waals surface area contributed by atoms with E-state index in [2.05, 4.69) is 47.2 Å². The van der Waals surface area contributed by atoms with Crippen LogP contribution in [0.4, 0.5) is 5.69 Å². The fourth-order valence-electron chi connectivity index (χ4n) is 4.50. The Morgan fingerprint density at radius 1 is 1.12 bits per heavy atom. The first-order valence-corrected chi connectivity index (χ1v) is 9.40. The van der Waals surface area contributed by atoms with Crippen molar-refractivity contribution in [2.75, 3.05) is 31.6 Å². The number of aliphatic hydroxyl groups excluding tert-OH is 1. The predicted octanol–water partition coefficient (Wildman–Crippen LogP) is 3.82. The lowest BCUT2D eigenvalue weighted by Gasteiger charge is -2.40. The molecule has 2 heterocycles. The van der Waals surface area contributed by atoms with E-state index < -0.39 is 0 Å². The zero-order valence-electron chi connectivity index (χ0n) is 14.7. The van der Waals surface area contributed by atoms with Crippen LogP contribution in [0.5, 0.6) is 0 Å². The highest BCUT2D eigenvalue weighted by Gasteiger charge is 2.43. The Labute approximate surface area is 154 Å². The number of nitrogens with zero attached hydrogens (tertiary/aromatic N) is 2. The fourth-order valence-corrected chi connectivity index (χ4v) is 4.77. The summed E-state index contributed by atoms with van der Waals surface area (Å²) >= 11 is 6.39. The summed E-state index contributed by atoms with van der Waals surface area (Å²) in [5.74, 6) is 0. The maximum Gasteiger partial charge on any atom is 0.0682 e. The number of likely N-dealkylation sites (N-methyl/N-ethyl adjacent to an activating group) is 1. The highest BCUT2D eigenvalue weighted by molar-refractivity contribution is 6.31. The van der Waals surface area contributed by atoms with Crippen molar-refractivity contribution in [2.24, 2.45) is 0 Å². The van der Waals surface area contributed by atoms with Gasteiger partial charge in [0.2, 0.25) is 0 Å². The number of rotatable bonds is 3. The molecular formula is C21H25ClN2O. The Kier molecular flexibility index (Phi) is 4.48. The van der Waals surface area contributed by atoms with Gasteiger partial charge in [-0.25, -0.2) is 0 Å². The first-order chi connectivity index (χ1) is 12.1. The van der Waals surface area contributed by atoms with E-state index in [-0.39, 0.29) is 6.61 Å². The second kappa shape index (κ2) is 6.64. The van der Waals surface area contributed by atoms with Crippen LogP contribution in [0.1, 0.15) is 29.5 Å². The average Bonchev–Trinajstić information content (AvgIpc) is 2.91. The summed E-state index contributed by atoms with van der Waals surface area (Å²) in [5.41, 5.74) is 5.27. The van der Waals surface area contributed by atoms with Gasteiger partial charge in [0, 0.05) is 36.3 Å². The molecule has 1 N–H and O–H groups in total. The zero-order chi connectivity index (χ0) is 17.4. The third-order valence-electron chi connectivity index (χ3n) is 5.93. The maximum atomic E-state index is 9.22. The minimum Gasteiger partial charge on any atom is -0.392 e. The van der Waals surface area contributed by atoms with Crippen molar-refractivity contribution in [1.82, 2.24) is 4.90 Å². The number of likely N-dealkylation sites (tertiary alicyclic amines) is 1. The van der Waals surface area contributed by atoms with Crippen LogP contribution < -0.4 is 4.90 Å². The van der Waals surface area contributed by atoms with Crippen LogP contribution in [0.25, 0.3) is 0 Å². The zero-order valence-corrected chi connectivity index (χ0v) is 15.5. The van der Waals surface area contributed by atoms with Crippen molar-refractivity contribution in [2.45, 2.75) is 31.4 Å². The summed E-state index contributed by atoms with van der Waals surface area (Å²) in [7, 11) is 2.21. The maximum absolute atomic E-state index is 9.22. The van der Waals surface area contributed by atoms with Gasteiger partial charge in [-0.15, -0.1) is 0 Å². The van der Waals surface area contributed by atoms with E-state index in [4.69, 9.17) is 11.6 Å². The van der Waals surface area contributed by atoms with Crippen LogP contribution in [0.3, 0.4) is 0 Å². The Balaban J connectivity index is 1.46. The smallest absolute Gasteiger partial charge is 0.0682 e. The lowest BCUT2D eigenvalue weighted by molar-refractivity contribution is 0.160. The van der Waals surface area contributed by atoms with Crippen molar-refractivity contribution in [3.8, 4) is 0 Å². The van der Waals surface area contributed by atoms with Crippen molar-refractivity contribution in [3.05, 3.63) is 64.2 Å². The van der Waals surface area contributed by atoms with E-state index in [1.54, 1.807) is 0 Å². The molecule has 2 aliphatic heterocycles. The normalized spacial score (nSPS) is 19.4. The molecule has 2 aromatic carbocycles. The Morgan fingerprint density at radius 2 is 1.88 bits per heavy atom. The summed E-state index contributed by atoms with van der Waals surface area (Å²) in [6.07, 6.45) is 2.39. The molecule has 4 rings (SSSR count). The number of anilines is 1. The number of halogens is 1. The summed E-state index contributed by atoms with van der Waals surface area (Å²) in [6, 6.07) is 14.8. The van der Waals surface area contributed by atoms with Crippen molar-refractivity contribution >= 4 is 17.3 Å². The fraction of sp³-hybridized carbons (Fsp3) is 0.429. The molecule has 4 heteroatoms. The van der Waals surface area contributed by atoms with E-state index in [0.29, 0.717) is 5.41 Å². The van der Waals surface area contributed by atoms with Gasteiger partial charge in [0.05, 0.1) is 6.61 Å². The first kappa shape index (κ1) is 16.9. The summed E-state index contributed by atoms with van der Waals surface area (Å²) in [5, 5.41) is 9.98. The monoisotopic (exact) mass is 356 g/mol. The Bertz CT molecular complexity index is 768. The minimum absolute atomic E-state index is 0.0408. The standard InChI is InChI=1S/C21H25ClN2O/c1-23-15-21(18-4-2-3-5-20(18)23)8-10-24(11-9-21)13-17-7-6-16(14-25)12-19(17)22/h2-7,12,25H,8-11,13-15H2,1H3. The van der Waals surface area contributed by atoms with Crippen LogP contribution in [0.15, 0.2) is 42.5 Å². The quantitative estimate of drug-likeness (QED) is 0.905. The molecule has 132 valence electrons. The third-order valence-corrected chi connectivity index (χ3v) is 6.29. The topological polar surface area (TPSA) is 26.7 Å². The van der Waals surface area contributed by atoms with Crippen molar-refractivity contribution in [1.29, 1.82) is 0 Å². The van der Waals surface area contributed by atoms with Gasteiger partial charge in [-0.2, -0.15) is 0 Å². The number of benzene rings is 2. The predicted molar refractivity (Wildman–Crippen MR) is 103 cm³/mol. The minimum atomic E-state index is 0.0408. The van der Waals surface area contributed by atoms with Gasteiger partial charge in [0.1, 0.15) is 0 Å². The molecule has 0 radical (unpaired) electrons. The third kappa shape index (κ3) is 3.05. The molecule has 2 aliphatic rings. The molecule has 0 atom stereocenters. The van der Waals surface area contributed by atoms with E-state index in [9.17, 15) is 5.11 Å². The first-order valence-electron chi connectivity index (χ1n) is 9.02. The van der Waals surface area contributed by atoms with Crippen molar-refractivity contribution in [3.63, 3.8) is 0 Å². The van der Waals surface area contributed by atoms with Crippen LogP contribution in [-0.4, -0.2) is 36.7 Å². The summed E-state index contributed by atoms with van der Waals surface area (Å²) in [4.78, 5) is 4.92. The molecule has 1 fully saturated rings.